The van der Waals surface area contributed by atoms with Crippen LogP contribution < -0.4 is 20.0 Å². The lowest BCUT2D eigenvalue weighted by Gasteiger charge is -2.39. The highest BCUT2D eigenvalue weighted by atomic mass is 16.6. The zero-order valence-electron chi connectivity index (χ0n) is 21.6. The Morgan fingerprint density at radius 2 is 1.87 bits per heavy atom. The summed E-state index contributed by atoms with van der Waals surface area (Å²) in [5.74, 6) is 0.239. The van der Waals surface area contributed by atoms with Gasteiger partial charge < -0.3 is 19.5 Å². The summed E-state index contributed by atoms with van der Waals surface area (Å²) in [5.41, 5.74) is 1.75. The van der Waals surface area contributed by atoms with Crippen molar-refractivity contribution in [3.05, 3.63) is 36.5 Å². The highest BCUT2D eigenvalue weighted by Crippen LogP contribution is 2.42. The summed E-state index contributed by atoms with van der Waals surface area (Å²) in [6.45, 7) is 7.73. The van der Waals surface area contributed by atoms with Crippen molar-refractivity contribution in [1.29, 1.82) is 0 Å². The lowest BCUT2D eigenvalue weighted by Crippen LogP contribution is -2.54. The lowest BCUT2D eigenvalue weighted by molar-refractivity contribution is -0.119. The molecule has 4 amide bonds. The summed E-state index contributed by atoms with van der Waals surface area (Å²) < 4.78 is 16.2. The van der Waals surface area contributed by atoms with Gasteiger partial charge in [-0.15, -0.1) is 0 Å². The van der Waals surface area contributed by atoms with E-state index in [4.69, 9.17) is 14.2 Å². The van der Waals surface area contributed by atoms with Gasteiger partial charge in [-0.3, -0.25) is 19.5 Å². The van der Waals surface area contributed by atoms with Gasteiger partial charge in [0.25, 0.3) is 0 Å². The van der Waals surface area contributed by atoms with E-state index in [1.165, 1.54) is 21.6 Å². The number of carbonyl (C=O) groups excluding carboxylic acids is 4. The largest absolute Gasteiger partial charge is 0.447 e. The van der Waals surface area contributed by atoms with E-state index in [9.17, 15) is 19.2 Å². The first-order chi connectivity index (χ1) is 18.0. The van der Waals surface area contributed by atoms with E-state index >= 15 is 0 Å². The van der Waals surface area contributed by atoms with Crippen molar-refractivity contribution in [3.63, 3.8) is 0 Å². The van der Waals surface area contributed by atoms with E-state index in [1.54, 1.807) is 45.2 Å². The normalized spacial score (nSPS) is 20.5. The molecule has 0 radical (unpaired) electrons. The van der Waals surface area contributed by atoms with E-state index in [1.807, 2.05) is 12.1 Å². The number of cyclic esters (lactones) is 2. The van der Waals surface area contributed by atoms with Crippen molar-refractivity contribution in [2.24, 2.45) is 0 Å². The third-order valence-corrected chi connectivity index (χ3v) is 6.39. The summed E-state index contributed by atoms with van der Waals surface area (Å²) in [7, 11) is 0. The molecular weight excluding hydrogens is 494 g/mol. The van der Waals surface area contributed by atoms with Gasteiger partial charge in [-0.25, -0.2) is 19.4 Å². The summed E-state index contributed by atoms with van der Waals surface area (Å²) in [6, 6.07) is 8.41. The van der Waals surface area contributed by atoms with Crippen molar-refractivity contribution in [2.75, 3.05) is 40.9 Å². The molecule has 0 bridgehead atoms. The first-order valence-corrected chi connectivity index (χ1v) is 12.3. The van der Waals surface area contributed by atoms with Crippen LogP contribution in [0.15, 0.2) is 36.5 Å². The highest BCUT2D eigenvalue weighted by molar-refractivity contribution is 6.03. The van der Waals surface area contributed by atoms with Crippen LogP contribution in [0.4, 0.5) is 31.6 Å². The Morgan fingerprint density at radius 1 is 1.11 bits per heavy atom. The average Bonchev–Trinajstić information content (AvgIpc) is 3.43. The molecule has 200 valence electrons. The smallest absolute Gasteiger partial charge is 0.415 e. The molecule has 0 saturated carbocycles. The van der Waals surface area contributed by atoms with Crippen LogP contribution in [0.3, 0.4) is 0 Å². The Bertz CT molecular complexity index is 1290. The van der Waals surface area contributed by atoms with Gasteiger partial charge in [0.1, 0.15) is 24.1 Å². The van der Waals surface area contributed by atoms with Gasteiger partial charge in [0.2, 0.25) is 5.91 Å². The molecule has 4 heterocycles. The molecule has 0 spiro atoms. The minimum atomic E-state index is -0.736. The van der Waals surface area contributed by atoms with E-state index in [-0.39, 0.29) is 19.0 Å². The topological polar surface area (TPSA) is 131 Å². The number of fused-ring (bicyclic) bond motifs is 3. The molecule has 38 heavy (non-hydrogen) atoms. The summed E-state index contributed by atoms with van der Waals surface area (Å²) in [6.07, 6.45) is -0.547. The Morgan fingerprint density at radius 3 is 2.50 bits per heavy atom. The number of anilines is 3. The Hall–Kier alpha value is -4.35. The molecule has 1 N–H and O–H groups in total. The van der Waals surface area contributed by atoms with E-state index in [2.05, 4.69) is 10.3 Å². The number of benzene rings is 1. The third-order valence-electron chi connectivity index (χ3n) is 6.39. The predicted molar refractivity (Wildman–Crippen MR) is 137 cm³/mol. The Kier molecular flexibility index (Phi) is 6.33. The van der Waals surface area contributed by atoms with Crippen molar-refractivity contribution in [2.45, 2.75) is 45.4 Å². The quantitative estimate of drug-likeness (QED) is 0.604. The monoisotopic (exact) mass is 523 g/mol. The second-order valence-electron chi connectivity index (χ2n) is 10.3. The lowest BCUT2D eigenvalue weighted by atomic mass is 10.00. The number of ether oxygens (including phenoxy) is 3. The molecule has 3 aliphatic rings. The van der Waals surface area contributed by atoms with Crippen molar-refractivity contribution in [3.8, 4) is 11.1 Å². The number of rotatable bonds is 4. The van der Waals surface area contributed by atoms with Crippen LogP contribution in [-0.2, 0) is 19.0 Å². The molecule has 1 aromatic heterocycles. The van der Waals surface area contributed by atoms with E-state index in [0.717, 1.165) is 11.1 Å². The molecule has 12 nitrogen and oxygen atoms in total. The molecule has 1 aromatic carbocycles. The minimum Gasteiger partial charge on any atom is -0.447 e. The van der Waals surface area contributed by atoms with Crippen LogP contribution in [-0.4, -0.2) is 73.2 Å². The summed E-state index contributed by atoms with van der Waals surface area (Å²) in [5, 5.41) is 2.69. The SMILES string of the molecule is CC(=O)NCC1OC(=O)N2c3ccc(-c4ccc(N5CCOC5=O)nc4)cc3N(C(=O)OC(C)(C)C)CC12. The van der Waals surface area contributed by atoms with Gasteiger partial charge >= 0.3 is 18.3 Å². The zero-order chi connectivity index (χ0) is 27.2. The number of nitrogens with zero attached hydrogens (tertiary/aromatic N) is 4. The van der Waals surface area contributed by atoms with Gasteiger partial charge in [0.05, 0.1) is 37.1 Å². The first-order valence-electron chi connectivity index (χ1n) is 12.3. The minimum absolute atomic E-state index is 0.121. The van der Waals surface area contributed by atoms with Gasteiger partial charge in [-0.05, 0) is 50.6 Å². The van der Waals surface area contributed by atoms with Crippen molar-refractivity contribution in [1.82, 2.24) is 10.3 Å². The first kappa shape index (κ1) is 25.3. The molecular formula is C26H29N5O7. The molecule has 3 aliphatic heterocycles. The van der Waals surface area contributed by atoms with Gasteiger partial charge in [0.15, 0.2) is 0 Å². The Labute approximate surface area is 219 Å². The molecule has 5 rings (SSSR count). The number of hydrogen-bond acceptors (Lipinski definition) is 8. The van der Waals surface area contributed by atoms with Crippen LogP contribution in [0.1, 0.15) is 27.7 Å². The molecule has 12 heteroatoms. The second-order valence-corrected chi connectivity index (χ2v) is 10.3. The van der Waals surface area contributed by atoms with E-state index < -0.39 is 36.0 Å². The molecule has 2 unspecified atom stereocenters. The van der Waals surface area contributed by atoms with E-state index in [0.29, 0.717) is 30.3 Å². The molecule has 2 fully saturated rings. The van der Waals surface area contributed by atoms with Crippen LogP contribution in [0.2, 0.25) is 0 Å². The molecule has 2 aromatic rings. The van der Waals surface area contributed by atoms with Crippen molar-refractivity contribution < 1.29 is 33.4 Å². The Balaban J connectivity index is 1.50. The van der Waals surface area contributed by atoms with Crippen LogP contribution >= 0.6 is 0 Å². The number of hydrogen-bond donors (Lipinski definition) is 1. The summed E-state index contributed by atoms with van der Waals surface area (Å²) in [4.78, 5) is 58.4. The second kappa shape index (κ2) is 9.51. The highest BCUT2D eigenvalue weighted by Gasteiger charge is 2.49. The number of carbonyl (C=O) groups is 4. The third kappa shape index (κ3) is 4.81. The van der Waals surface area contributed by atoms with Gasteiger partial charge in [-0.2, -0.15) is 0 Å². The van der Waals surface area contributed by atoms with Crippen LogP contribution in [0.25, 0.3) is 11.1 Å². The fourth-order valence-electron chi connectivity index (χ4n) is 4.68. The average molecular weight is 524 g/mol. The maximum Gasteiger partial charge on any atom is 0.415 e. The number of aromatic nitrogens is 1. The summed E-state index contributed by atoms with van der Waals surface area (Å²) >= 11 is 0. The maximum atomic E-state index is 13.3. The fraction of sp³-hybridized carbons (Fsp3) is 0.423. The van der Waals surface area contributed by atoms with Gasteiger partial charge in [-0.1, -0.05) is 6.07 Å². The standard InChI is InChI=1S/C26H29N5O7/c1-15(32)27-13-21-20-14-30(24(34)38-26(2,3)4)19-11-16(5-7-18(19)31(20)25(35)37-21)17-6-8-22(28-12-17)29-9-10-36-23(29)33/h5-8,11-12,20-21H,9-10,13-14H2,1-4H3,(H,27,32). The molecule has 2 atom stereocenters. The maximum absolute atomic E-state index is 13.3. The number of pyridine rings is 1. The predicted octanol–water partition coefficient (Wildman–Crippen LogP) is 3.29. The van der Waals surface area contributed by atoms with Crippen LogP contribution in [0.5, 0.6) is 0 Å². The number of amides is 4. The van der Waals surface area contributed by atoms with Crippen LogP contribution in [0, 0.1) is 0 Å². The fourth-order valence-corrected chi connectivity index (χ4v) is 4.68. The molecule has 2 saturated heterocycles. The van der Waals surface area contributed by atoms with Crippen molar-refractivity contribution >= 4 is 41.4 Å². The molecule has 0 aliphatic carbocycles. The number of nitrogens with one attached hydrogen (secondary N) is 1. The zero-order valence-corrected chi connectivity index (χ0v) is 21.6. The van der Waals surface area contributed by atoms with Gasteiger partial charge in [0, 0.05) is 18.7 Å².